The first-order valence-corrected chi connectivity index (χ1v) is 6.49. The van der Waals surface area contributed by atoms with Crippen LogP contribution < -0.4 is 4.74 Å². The highest BCUT2D eigenvalue weighted by Crippen LogP contribution is 2.28. The maximum absolute atomic E-state index is 13.3. The number of rotatable bonds is 4. The van der Waals surface area contributed by atoms with Gasteiger partial charge in [-0.25, -0.2) is 4.39 Å². The van der Waals surface area contributed by atoms with Crippen molar-refractivity contribution in [1.82, 2.24) is 0 Å². The summed E-state index contributed by atoms with van der Waals surface area (Å²) in [4.78, 5) is 0. The van der Waals surface area contributed by atoms with E-state index in [-0.39, 0.29) is 5.82 Å². The molecule has 2 nitrogen and oxygen atoms in total. The van der Waals surface area contributed by atoms with Gasteiger partial charge in [-0.15, -0.1) is 0 Å². The fourth-order valence-electron chi connectivity index (χ4n) is 2.09. The lowest BCUT2D eigenvalue weighted by atomic mass is 9.93. The number of nitriles is 1. The maximum Gasteiger partial charge on any atom is 0.123 e. The van der Waals surface area contributed by atoms with E-state index < -0.39 is 5.92 Å². The van der Waals surface area contributed by atoms with Gasteiger partial charge in [0, 0.05) is 5.02 Å². The van der Waals surface area contributed by atoms with Crippen molar-refractivity contribution in [1.29, 1.82) is 5.26 Å². The van der Waals surface area contributed by atoms with Crippen molar-refractivity contribution in [2.45, 2.75) is 12.3 Å². The van der Waals surface area contributed by atoms with Gasteiger partial charge < -0.3 is 4.74 Å². The minimum absolute atomic E-state index is 0.344. The summed E-state index contributed by atoms with van der Waals surface area (Å²) in [6.45, 7) is 0. The fourth-order valence-corrected chi connectivity index (χ4v) is 2.29. The number of hydrogen-bond acceptors (Lipinski definition) is 2. The first kappa shape index (κ1) is 14.4. The first-order valence-electron chi connectivity index (χ1n) is 6.11. The van der Waals surface area contributed by atoms with E-state index in [4.69, 9.17) is 16.3 Å². The molecule has 0 amide bonds. The van der Waals surface area contributed by atoms with Crippen LogP contribution in [0.1, 0.15) is 17.0 Å². The Bertz CT molecular complexity index is 651. The molecule has 2 aromatic carbocycles. The van der Waals surface area contributed by atoms with Crippen LogP contribution in [-0.4, -0.2) is 7.11 Å². The van der Waals surface area contributed by atoms with Gasteiger partial charge >= 0.3 is 0 Å². The van der Waals surface area contributed by atoms with Crippen LogP contribution in [0.15, 0.2) is 42.5 Å². The Balaban J connectivity index is 2.32. The van der Waals surface area contributed by atoms with Crippen LogP contribution in [0.4, 0.5) is 4.39 Å². The van der Waals surface area contributed by atoms with Crippen molar-refractivity contribution in [3.8, 4) is 11.8 Å². The van der Waals surface area contributed by atoms with E-state index in [1.807, 2.05) is 6.07 Å². The number of hydrogen-bond donors (Lipinski definition) is 0. The lowest BCUT2D eigenvalue weighted by Gasteiger charge is -2.13. The number of nitrogens with zero attached hydrogens (tertiary/aromatic N) is 1. The van der Waals surface area contributed by atoms with E-state index in [2.05, 4.69) is 6.07 Å². The molecule has 2 aromatic rings. The highest BCUT2D eigenvalue weighted by Gasteiger charge is 2.15. The predicted octanol–water partition coefficient (Wildman–Crippen LogP) is 4.34. The standard InChI is InChI=1S/C16H13ClFNO/c1-20-16-6-5-15(18)9-12(16)7-13(10-19)11-3-2-4-14(17)8-11/h2-6,8-9,13H,7H2,1H3. The second kappa shape index (κ2) is 6.40. The monoisotopic (exact) mass is 289 g/mol. The summed E-state index contributed by atoms with van der Waals surface area (Å²) in [7, 11) is 1.53. The minimum Gasteiger partial charge on any atom is -0.496 e. The molecule has 1 atom stereocenters. The van der Waals surface area contributed by atoms with Crippen molar-refractivity contribution >= 4 is 11.6 Å². The zero-order valence-corrected chi connectivity index (χ0v) is 11.7. The average molecular weight is 290 g/mol. The summed E-state index contributed by atoms with van der Waals surface area (Å²) in [6, 6.07) is 13.7. The van der Waals surface area contributed by atoms with Crippen LogP contribution in [0.25, 0.3) is 0 Å². The molecule has 0 radical (unpaired) electrons. The van der Waals surface area contributed by atoms with Crippen molar-refractivity contribution < 1.29 is 9.13 Å². The highest BCUT2D eigenvalue weighted by atomic mass is 35.5. The van der Waals surface area contributed by atoms with Gasteiger partial charge in [0.2, 0.25) is 0 Å². The summed E-state index contributed by atoms with van der Waals surface area (Å²) < 4.78 is 18.5. The molecule has 0 saturated carbocycles. The Labute approximate surface area is 122 Å². The van der Waals surface area contributed by atoms with E-state index >= 15 is 0 Å². The van der Waals surface area contributed by atoms with Gasteiger partial charge in [0.25, 0.3) is 0 Å². The summed E-state index contributed by atoms with van der Waals surface area (Å²) in [5.74, 6) is -0.165. The molecule has 0 aliphatic rings. The van der Waals surface area contributed by atoms with Crippen LogP contribution in [0.5, 0.6) is 5.75 Å². The Hall–Kier alpha value is -2.05. The van der Waals surface area contributed by atoms with Crippen LogP contribution in [0.2, 0.25) is 5.02 Å². The molecule has 20 heavy (non-hydrogen) atoms. The Kier molecular flexibility index (Phi) is 4.60. The zero-order valence-electron chi connectivity index (χ0n) is 10.9. The largest absolute Gasteiger partial charge is 0.496 e. The summed E-state index contributed by atoms with van der Waals surface area (Å²) in [5, 5.41) is 9.91. The second-order valence-corrected chi connectivity index (χ2v) is 4.83. The molecule has 2 rings (SSSR count). The van der Waals surface area contributed by atoms with Crippen molar-refractivity contribution in [2.75, 3.05) is 7.11 Å². The topological polar surface area (TPSA) is 33.0 Å². The van der Waals surface area contributed by atoms with Gasteiger partial charge in [-0.3, -0.25) is 0 Å². The van der Waals surface area contributed by atoms with Crippen LogP contribution in [-0.2, 0) is 6.42 Å². The van der Waals surface area contributed by atoms with E-state index in [1.54, 1.807) is 24.3 Å². The van der Waals surface area contributed by atoms with E-state index in [0.29, 0.717) is 22.8 Å². The highest BCUT2D eigenvalue weighted by molar-refractivity contribution is 6.30. The Morgan fingerprint density at radius 3 is 2.75 bits per heavy atom. The molecule has 0 N–H and O–H groups in total. The van der Waals surface area contributed by atoms with Crippen LogP contribution in [0, 0.1) is 17.1 Å². The molecule has 0 aliphatic carbocycles. The second-order valence-electron chi connectivity index (χ2n) is 4.40. The normalized spacial score (nSPS) is 11.7. The third-order valence-electron chi connectivity index (χ3n) is 3.07. The van der Waals surface area contributed by atoms with E-state index in [0.717, 1.165) is 5.56 Å². The molecule has 0 saturated heterocycles. The predicted molar refractivity (Wildman–Crippen MR) is 76.5 cm³/mol. The van der Waals surface area contributed by atoms with E-state index in [1.165, 1.54) is 19.2 Å². The maximum atomic E-state index is 13.3. The molecule has 0 aromatic heterocycles. The number of methoxy groups -OCH3 is 1. The van der Waals surface area contributed by atoms with Crippen molar-refractivity contribution in [3.63, 3.8) is 0 Å². The SMILES string of the molecule is COc1ccc(F)cc1CC(C#N)c1cccc(Cl)c1. The summed E-state index contributed by atoms with van der Waals surface area (Å²) in [5.41, 5.74) is 1.48. The Morgan fingerprint density at radius 1 is 1.30 bits per heavy atom. The Morgan fingerprint density at radius 2 is 2.10 bits per heavy atom. The number of ether oxygens (including phenoxy) is 1. The molecule has 1 unspecified atom stereocenters. The lowest BCUT2D eigenvalue weighted by Crippen LogP contribution is -2.03. The number of halogens is 2. The van der Waals surface area contributed by atoms with Crippen molar-refractivity contribution in [3.05, 3.63) is 64.4 Å². The van der Waals surface area contributed by atoms with Gasteiger partial charge in [-0.2, -0.15) is 5.26 Å². The van der Waals surface area contributed by atoms with Gasteiger partial charge in [0.05, 0.1) is 19.1 Å². The first-order chi connectivity index (χ1) is 9.63. The van der Waals surface area contributed by atoms with Gasteiger partial charge in [-0.1, -0.05) is 23.7 Å². The van der Waals surface area contributed by atoms with Gasteiger partial charge in [0.15, 0.2) is 0 Å². The molecular weight excluding hydrogens is 277 g/mol. The minimum atomic E-state index is -0.399. The lowest BCUT2D eigenvalue weighted by molar-refractivity contribution is 0.407. The molecule has 0 aliphatic heterocycles. The van der Waals surface area contributed by atoms with Gasteiger partial charge in [-0.05, 0) is 47.9 Å². The smallest absolute Gasteiger partial charge is 0.123 e. The molecular formula is C16H13ClFNO. The molecule has 0 bridgehead atoms. The summed E-state index contributed by atoms with van der Waals surface area (Å²) in [6.07, 6.45) is 0.373. The third kappa shape index (κ3) is 3.28. The van der Waals surface area contributed by atoms with Crippen LogP contribution in [0.3, 0.4) is 0 Å². The quantitative estimate of drug-likeness (QED) is 0.839. The fraction of sp³-hybridized carbons (Fsp3) is 0.188. The molecule has 102 valence electrons. The molecule has 0 fully saturated rings. The molecule has 0 heterocycles. The molecule has 4 heteroatoms. The van der Waals surface area contributed by atoms with Crippen LogP contribution >= 0.6 is 11.6 Å². The van der Waals surface area contributed by atoms with E-state index in [9.17, 15) is 9.65 Å². The van der Waals surface area contributed by atoms with Crippen molar-refractivity contribution in [2.24, 2.45) is 0 Å². The molecule has 0 spiro atoms. The number of benzene rings is 2. The zero-order chi connectivity index (χ0) is 14.5. The average Bonchev–Trinajstić information content (AvgIpc) is 2.45. The van der Waals surface area contributed by atoms with Gasteiger partial charge in [0.1, 0.15) is 11.6 Å². The summed E-state index contributed by atoms with van der Waals surface area (Å²) >= 11 is 5.94. The third-order valence-corrected chi connectivity index (χ3v) is 3.31.